The lowest BCUT2D eigenvalue weighted by Gasteiger charge is -1.98. The number of rotatable bonds is 0. The molecule has 1 heterocycles. The van der Waals surface area contributed by atoms with Crippen LogP contribution in [0.4, 0.5) is 0 Å². The Kier molecular flexibility index (Phi) is 1.29. The number of hydrogen-bond donors (Lipinski definition) is 0. The first kappa shape index (κ1) is 5.43. The van der Waals surface area contributed by atoms with Crippen molar-refractivity contribution in [1.82, 2.24) is 0 Å². The molecule has 0 bridgehead atoms. The molecular formula is C6H12Cl+. The summed E-state index contributed by atoms with van der Waals surface area (Å²) < 4.78 is 0. The molecule has 0 atom stereocenters. The van der Waals surface area contributed by atoms with Crippen molar-refractivity contribution in [1.29, 1.82) is 0 Å². The van der Waals surface area contributed by atoms with Crippen molar-refractivity contribution in [2.24, 2.45) is 0 Å². The topological polar surface area (TPSA) is 0 Å². The van der Waals surface area contributed by atoms with Crippen molar-refractivity contribution in [3.8, 4) is 0 Å². The van der Waals surface area contributed by atoms with Crippen LogP contribution in [0.15, 0.2) is 0 Å². The molecule has 1 fully saturated rings. The van der Waals surface area contributed by atoms with E-state index in [1.54, 1.807) is 0 Å². The summed E-state index contributed by atoms with van der Waals surface area (Å²) in [5.41, 5.74) is 0. The first-order valence-corrected chi connectivity index (χ1v) is 3.72. The summed E-state index contributed by atoms with van der Waals surface area (Å²) in [5.74, 6) is 1.33. The Balaban J connectivity index is 2.40. The van der Waals surface area contributed by atoms with E-state index in [2.05, 4.69) is 24.6 Å². The summed E-state index contributed by atoms with van der Waals surface area (Å²) >= 11 is 0. The van der Waals surface area contributed by atoms with Gasteiger partial charge in [-0.3, -0.25) is 0 Å². The quantitative estimate of drug-likeness (QED) is 0.426. The van der Waals surface area contributed by atoms with Gasteiger partial charge in [-0.1, -0.05) is 0 Å². The van der Waals surface area contributed by atoms with E-state index < -0.39 is 0 Å². The molecule has 0 aromatic rings. The zero-order valence-corrected chi connectivity index (χ0v) is 5.76. The third-order valence-corrected chi connectivity index (χ3v) is 2.73. The lowest BCUT2D eigenvalue weighted by atomic mass is 10.1. The minimum absolute atomic E-state index is 0.556. The van der Waals surface area contributed by atoms with Crippen LogP contribution < -0.4 is 0 Å². The second-order valence-electron chi connectivity index (χ2n) is 2.64. The summed E-state index contributed by atoms with van der Waals surface area (Å²) in [6.45, 7) is 4.60. The van der Waals surface area contributed by atoms with Gasteiger partial charge in [-0.25, -0.2) is 0 Å². The Labute approximate surface area is 49.0 Å². The largest absolute Gasteiger partial charge is 0.186 e. The maximum absolute atomic E-state index is 2.53. The molecule has 1 aliphatic rings. The van der Waals surface area contributed by atoms with Gasteiger partial charge < -0.3 is 0 Å². The number of halogens is 1. The van der Waals surface area contributed by atoms with Crippen molar-refractivity contribution in [2.75, 3.05) is 5.88 Å². The molecule has 7 heavy (non-hydrogen) atoms. The predicted octanol–water partition coefficient (Wildman–Crippen LogP) is 1.64. The van der Waals surface area contributed by atoms with Gasteiger partial charge >= 0.3 is 0 Å². The van der Waals surface area contributed by atoms with E-state index in [0.29, 0.717) is 4.87 Å². The van der Waals surface area contributed by atoms with Gasteiger partial charge in [-0.2, -0.15) is 0 Å². The fraction of sp³-hybridized carbons (Fsp3) is 1.00. The average molecular weight is 120 g/mol. The SMILES string of the molecule is CC1(C)CCC[Cl+]1. The van der Waals surface area contributed by atoms with Crippen LogP contribution >= 0.6 is 0 Å². The molecule has 0 saturated carbocycles. The van der Waals surface area contributed by atoms with Crippen molar-refractivity contribution < 1.29 is 10.8 Å². The van der Waals surface area contributed by atoms with E-state index in [9.17, 15) is 0 Å². The maximum Gasteiger partial charge on any atom is 0.186 e. The highest BCUT2D eigenvalue weighted by atomic mass is 35.5. The second-order valence-corrected chi connectivity index (χ2v) is 4.31. The summed E-state index contributed by atoms with van der Waals surface area (Å²) in [4.78, 5) is 0.556. The van der Waals surface area contributed by atoms with Crippen LogP contribution in [-0.2, 0) is 0 Å². The van der Waals surface area contributed by atoms with Gasteiger partial charge in [0.25, 0.3) is 0 Å². The van der Waals surface area contributed by atoms with Crippen LogP contribution in [0.25, 0.3) is 0 Å². The highest BCUT2D eigenvalue weighted by Gasteiger charge is 2.37. The normalized spacial score (nSPS) is 28.3. The van der Waals surface area contributed by atoms with Crippen LogP contribution in [0.3, 0.4) is 0 Å². The highest BCUT2D eigenvalue weighted by Crippen LogP contribution is 2.23. The van der Waals surface area contributed by atoms with Crippen LogP contribution in [0, 0.1) is 10.8 Å². The third-order valence-electron chi connectivity index (χ3n) is 1.36. The maximum atomic E-state index is 2.53. The molecule has 42 valence electrons. The minimum Gasteiger partial charge on any atom is -0.00439 e. The lowest BCUT2D eigenvalue weighted by Crippen LogP contribution is -2.14. The van der Waals surface area contributed by atoms with E-state index in [-0.39, 0.29) is 0 Å². The fourth-order valence-corrected chi connectivity index (χ4v) is 1.92. The van der Waals surface area contributed by atoms with Crippen LogP contribution in [0.1, 0.15) is 26.7 Å². The van der Waals surface area contributed by atoms with Gasteiger partial charge in [0.05, 0.1) is 0 Å². The van der Waals surface area contributed by atoms with Crippen LogP contribution in [0.5, 0.6) is 0 Å². The Morgan fingerprint density at radius 1 is 1.43 bits per heavy atom. The molecule has 0 amide bonds. The van der Waals surface area contributed by atoms with E-state index >= 15 is 0 Å². The van der Waals surface area contributed by atoms with E-state index in [1.807, 2.05) is 0 Å². The zero-order chi connectivity index (χ0) is 5.33. The molecule has 0 aromatic heterocycles. The van der Waals surface area contributed by atoms with Crippen molar-refractivity contribution in [2.45, 2.75) is 31.6 Å². The molecular weight excluding hydrogens is 108 g/mol. The van der Waals surface area contributed by atoms with E-state index in [4.69, 9.17) is 0 Å². The van der Waals surface area contributed by atoms with Crippen molar-refractivity contribution >= 4 is 0 Å². The molecule has 1 saturated heterocycles. The molecule has 0 N–H and O–H groups in total. The lowest BCUT2D eigenvalue weighted by molar-refractivity contribution is -0.700. The Bertz CT molecular complexity index is 58.6. The third kappa shape index (κ3) is 1.34. The van der Waals surface area contributed by atoms with Gasteiger partial charge in [-0.15, -0.1) is 0 Å². The Hall–Kier alpha value is 0.290. The minimum atomic E-state index is 0.556. The van der Waals surface area contributed by atoms with Gasteiger partial charge in [0.15, 0.2) is 10.8 Å². The summed E-state index contributed by atoms with van der Waals surface area (Å²) in [5, 5.41) is 0. The fourth-order valence-electron chi connectivity index (χ4n) is 0.877. The zero-order valence-electron chi connectivity index (χ0n) is 5.00. The van der Waals surface area contributed by atoms with Gasteiger partial charge in [-0.05, 0) is 13.8 Å². The molecule has 0 aliphatic carbocycles. The van der Waals surface area contributed by atoms with Gasteiger partial charge in [0.1, 0.15) is 10.8 Å². The number of hydrogen-bond acceptors (Lipinski definition) is 0. The van der Waals surface area contributed by atoms with Crippen molar-refractivity contribution in [3.63, 3.8) is 0 Å². The Morgan fingerprint density at radius 3 is 2.29 bits per heavy atom. The molecule has 0 spiro atoms. The number of alkyl halides is 2. The standard InChI is InChI=1S/C6H12Cl/c1-6(2)4-3-5-7-6/h3-5H2,1-2H3/q+1. The van der Waals surface area contributed by atoms with Crippen molar-refractivity contribution in [3.05, 3.63) is 0 Å². The summed E-state index contributed by atoms with van der Waals surface area (Å²) in [6, 6.07) is 0. The second kappa shape index (κ2) is 1.66. The molecule has 1 heteroatoms. The molecule has 1 rings (SSSR count). The van der Waals surface area contributed by atoms with Crippen LogP contribution in [-0.4, -0.2) is 10.8 Å². The molecule has 0 aromatic carbocycles. The smallest absolute Gasteiger partial charge is 0.00439 e. The van der Waals surface area contributed by atoms with Gasteiger partial charge in [0.2, 0.25) is 0 Å². The predicted molar refractivity (Wildman–Crippen MR) is 28.2 cm³/mol. The first-order valence-electron chi connectivity index (χ1n) is 2.81. The summed E-state index contributed by atoms with van der Waals surface area (Å²) in [6.07, 6.45) is 2.79. The molecule has 1 aliphatic heterocycles. The van der Waals surface area contributed by atoms with E-state index in [1.165, 1.54) is 18.7 Å². The highest BCUT2D eigenvalue weighted by molar-refractivity contribution is 4.67. The monoisotopic (exact) mass is 119 g/mol. The molecule has 0 radical (unpaired) electrons. The van der Waals surface area contributed by atoms with Crippen LogP contribution in [0.2, 0.25) is 0 Å². The van der Waals surface area contributed by atoms with E-state index in [0.717, 1.165) is 0 Å². The Morgan fingerprint density at radius 2 is 2.14 bits per heavy atom. The molecule has 0 unspecified atom stereocenters. The summed E-state index contributed by atoms with van der Waals surface area (Å²) in [7, 11) is 2.53. The van der Waals surface area contributed by atoms with Gasteiger partial charge in [0, 0.05) is 12.8 Å². The molecule has 0 nitrogen and oxygen atoms in total. The first-order chi connectivity index (χ1) is 3.21. The average Bonchev–Trinajstić information content (AvgIpc) is 1.84.